The molecule has 0 amide bonds. The maximum absolute atomic E-state index is 13.8. The molecule has 0 bridgehead atoms. The van der Waals surface area contributed by atoms with Crippen LogP contribution in [0.3, 0.4) is 0 Å². The zero-order valence-corrected chi connectivity index (χ0v) is 9.90. The predicted octanol–water partition coefficient (Wildman–Crippen LogP) is 2.37. The Hall–Kier alpha value is -1.88. The Labute approximate surface area is 104 Å². The molecule has 94 valence electrons. The third-order valence-electron chi connectivity index (χ3n) is 3.00. The van der Waals surface area contributed by atoms with Crippen LogP contribution in [0, 0.1) is 11.6 Å². The molecular weight excluding hydrogens is 236 g/mol. The highest BCUT2D eigenvalue weighted by Crippen LogP contribution is 2.30. The van der Waals surface area contributed by atoms with E-state index in [0.29, 0.717) is 17.7 Å². The van der Waals surface area contributed by atoms with Crippen molar-refractivity contribution in [3.05, 3.63) is 59.7 Å². The summed E-state index contributed by atoms with van der Waals surface area (Å²) in [4.78, 5) is 7.64. The normalized spacial score (nSPS) is 14.2. The number of rotatable bonds is 3. The van der Waals surface area contributed by atoms with Gasteiger partial charge in [-0.2, -0.15) is 0 Å². The van der Waals surface area contributed by atoms with Crippen molar-refractivity contribution in [2.24, 2.45) is 5.73 Å². The van der Waals surface area contributed by atoms with E-state index in [-0.39, 0.29) is 0 Å². The second-order valence-corrected chi connectivity index (χ2v) is 4.04. The number of aromatic nitrogens is 2. The van der Waals surface area contributed by atoms with Crippen molar-refractivity contribution in [1.82, 2.24) is 9.97 Å². The van der Waals surface area contributed by atoms with Crippen LogP contribution in [0.5, 0.6) is 0 Å². The Morgan fingerprint density at radius 1 is 1.22 bits per heavy atom. The molecule has 0 aliphatic heterocycles. The van der Waals surface area contributed by atoms with Gasteiger partial charge in [0.25, 0.3) is 0 Å². The van der Waals surface area contributed by atoms with Crippen molar-refractivity contribution in [3.8, 4) is 0 Å². The molecule has 0 saturated heterocycles. The number of halogens is 2. The number of pyridine rings is 2. The van der Waals surface area contributed by atoms with Gasteiger partial charge in [0.1, 0.15) is 11.6 Å². The highest BCUT2D eigenvalue weighted by atomic mass is 19.1. The fraction of sp³-hybridized carbons (Fsp3) is 0.231. The molecule has 2 heterocycles. The van der Waals surface area contributed by atoms with E-state index in [1.54, 1.807) is 0 Å². The molecule has 0 aliphatic carbocycles. The van der Waals surface area contributed by atoms with Crippen LogP contribution in [0.15, 0.2) is 36.8 Å². The summed E-state index contributed by atoms with van der Waals surface area (Å²) in [5.74, 6) is -0.944. The van der Waals surface area contributed by atoms with Gasteiger partial charge in [-0.1, -0.05) is 6.92 Å². The standard InChI is InChI=1S/C13H13F2N3/c1-2-13(16,10-5-6-17-8-11(10)15)12-4-3-9(14)7-18-12/h3-8H,2,16H2,1H3. The first-order chi connectivity index (χ1) is 8.58. The Morgan fingerprint density at radius 2 is 2.00 bits per heavy atom. The number of nitrogens with two attached hydrogens (primary N) is 1. The second kappa shape index (κ2) is 4.78. The third-order valence-corrected chi connectivity index (χ3v) is 3.00. The van der Waals surface area contributed by atoms with E-state index < -0.39 is 17.2 Å². The fourth-order valence-electron chi connectivity index (χ4n) is 1.89. The lowest BCUT2D eigenvalue weighted by Gasteiger charge is -2.28. The van der Waals surface area contributed by atoms with E-state index in [2.05, 4.69) is 9.97 Å². The van der Waals surface area contributed by atoms with Gasteiger partial charge in [-0.3, -0.25) is 9.97 Å². The van der Waals surface area contributed by atoms with Crippen LogP contribution in [0.1, 0.15) is 24.6 Å². The summed E-state index contributed by atoms with van der Waals surface area (Å²) < 4.78 is 26.7. The van der Waals surface area contributed by atoms with Gasteiger partial charge in [0, 0.05) is 11.8 Å². The van der Waals surface area contributed by atoms with Crippen molar-refractivity contribution in [3.63, 3.8) is 0 Å². The maximum atomic E-state index is 13.8. The van der Waals surface area contributed by atoms with E-state index in [1.165, 1.54) is 24.4 Å². The van der Waals surface area contributed by atoms with Gasteiger partial charge < -0.3 is 5.73 Å². The summed E-state index contributed by atoms with van der Waals surface area (Å²) in [7, 11) is 0. The topological polar surface area (TPSA) is 51.8 Å². The van der Waals surface area contributed by atoms with E-state index in [1.807, 2.05) is 6.92 Å². The van der Waals surface area contributed by atoms with Crippen molar-refractivity contribution in [2.45, 2.75) is 18.9 Å². The van der Waals surface area contributed by atoms with Gasteiger partial charge in [-0.05, 0) is 24.6 Å². The van der Waals surface area contributed by atoms with Gasteiger partial charge in [-0.15, -0.1) is 0 Å². The van der Waals surface area contributed by atoms with Gasteiger partial charge in [0.2, 0.25) is 0 Å². The molecule has 2 aromatic heterocycles. The van der Waals surface area contributed by atoms with E-state index in [0.717, 1.165) is 12.4 Å². The molecule has 2 N–H and O–H groups in total. The van der Waals surface area contributed by atoms with Crippen LogP contribution in [0.25, 0.3) is 0 Å². The first-order valence-corrected chi connectivity index (χ1v) is 5.59. The monoisotopic (exact) mass is 249 g/mol. The molecule has 2 aromatic rings. The molecule has 0 aromatic carbocycles. The summed E-state index contributed by atoms with van der Waals surface area (Å²) in [6.45, 7) is 1.82. The van der Waals surface area contributed by atoms with E-state index >= 15 is 0 Å². The quantitative estimate of drug-likeness (QED) is 0.908. The summed E-state index contributed by atoms with van der Waals surface area (Å²) in [6.07, 6.45) is 4.09. The summed E-state index contributed by atoms with van der Waals surface area (Å²) in [6, 6.07) is 4.25. The van der Waals surface area contributed by atoms with Crippen LogP contribution in [0.2, 0.25) is 0 Å². The number of hydrogen-bond donors (Lipinski definition) is 1. The molecule has 3 nitrogen and oxygen atoms in total. The molecule has 0 fully saturated rings. The minimum absolute atomic E-state index is 0.305. The Kier molecular flexibility index (Phi) is 3.34. The lowest BCUT2D eigenvalue weighted by atomic mass is 9.85. The summed E-state index contributed by atoms with van der Waals surface area (Å²) >= 11 is 0. The Morgan fingerprint density at radius 3 is 2.56 bits per heavy atom. The first kappa shape index (κ1) is 12.6. The zero-order valence-electron chi connectivity index (χ0n) is 9.90. The molecule has 0 spiro atoms. The van der Waals surface area contributed by atoms with Crippen LogP contribution < -0.4 is 5.73 Å². The lowest BCUT2D eigenvalue weighted by molar-refractivity contribution is 0.463. The van der Waals surface area contributed by atoms with Crippen LogP contribution >= 0.6 is 0 Å². The Bertz CT molecular complexity index is 542. The average Bonchev–Trinajstić information content (AvgIpc) is 2.39. The maximum Gasteiger partial charge on any atom is 0.146 e. The van der Waals surface area contributed by atoms with Crippen molar-refractivity contribution in [2.75, 3.05) is 0 Å². The Balaban J connectivity index is 2.55. The fourth-order valence-corrected chi connectivity index (χ4v) is 1.89. The average molecular weight is 249 g/mol. The van der Waals surface area contributed by atoms with Crippen LogP contribution in [-0.2, 0) is 5.54 Å². The smallest absolute Gasteiger partial charge is 0.146 e. The van der Waals surface area contributed by atoms with Gasteiger partial charge in [0.05, 0.1) is 23.6 Å². The SMILES string of the molecule is CCC(N)(c1ccc(F)cn1)c1ccncc1F. The van der Waals surface area contributed by atoms with Gasteiger partial charge in [0.15, 0.2) is 0 Å². The molecule has 2 rings (SSSR count). The first-order valence-electron chi connectivity index (χ1n) is 5.59. The third kappa shape index (κ3) is 2.09. The molecule has 18 heavy (non-hydrogen) atoms. The van der Waals surface area contributed by atoms with Crippen LogP contribution in [0.4, 0.5) is 8.78 Å². The molecule has 0 radical (unpaired) electrons. The molecule has 5 heteroatoms. The van der Waals surface area contributed by atoms with E-state index in [9.17, 15) is 8.78 Å². The largest absolute Gasteiger partial charge is 0.316 e. The minimum Gasteiger partial charge on any atom is -0.316 e. The second-order valence-electron chi connectivity index (χ2n) is 4.04. The molecule has 0 aliphatic rings. The van der Waals surface area contributed by atoms with Gasteiger partial charge >= 0.3 is 0 Å². The highest BCUT2D eigenvalue weighted by molar-refractivity contribution is 5.33. The number of hydrogen-bond acceptors (Lipinski definition) is 3. The van der Waals surface area contributed by atoms with Crippen LogP contribution in [-0.4, -0.2) is 9.97 Å². The molecule has 0 saturated carbocycles. The highest BCUT2D eigenvalue weighted by Gasteiger charge is 2.31. The number of nitrogens with zero attached hydrogens (tertiary/aromatic N) is 2. The summed E-state index contributed by atoms with van der Waals surface area (Å²) in [5.41, 5.74) is 5.89. The van der Waals surface area contributed by atoms with Gasteiger partial charge in [-0.25, -0.2) is 8.78 Å². The predicted molar refractivity (Wildman–Crippen MR) is 63.6 cm³/mol. The van der Waals surface area contributed by atoms with Crippen molar-refractivity contribution < 1.29 is 8.78 Å². The molecule has 1 atom stereocenters. The molecule has 1 unspecified atom stereocenters. The van der Waals surface area contributed by atoms with E-state index in [4.69, 9.17) is 5.73 Å². The van der Waals surface area contributed by atoms with Crippen molar-refractivity contribution >= 4 is 0 Å². The summed E-state index contributed by atoms with van der Waals surface area (Å²) in [5, 5.41) is 0. The molecular formula is C13H13F2N3. The minimum atomic E-state index is -1.08. The lowest BCUT2D eigenvalue weighted by Crippen LogP contribution is -2.39. The zero-order chi connectivity index (χ0) is 13.2. The van der Waals surface area contributed by atoms with Crippen molar-refractivity contribution in [1.29, 1.82) is 0 Å².